The number of nitrogen functional groups attached to an aromatic ring is 1. The van der Waals surface area contributed by atoms with E-state index in [9.17, 15) is 9.59 Å². The zero-order chi connectivity index (χ0) is 13.7. The summed E-state index contributed by atoms with van der Waals surface area (Å²) in [7, 11) is 0. The van der Waals surface area contributed by atoms with Crippen LogP contribution in [0.4, 0.5) is 5.69 Å². The molecule has 0 aliphatic heterocycles. The van der Waals surface area contributed by atoms with Gasteiger partial charge in [0.05, 0.1) is 0 Å². The Morgan fingerprint density at radius 3 is 2.72 bits per heavy atom. The van der Waals surface area contributed by atoms with E-state index in [1.54, 1.807) is 25.1 Å². The zero-order valence-electron chi connectivity index (χ0n) is 10.1. The molecule has 0 aromatic heterocycles. The molecule has 96 valence electrons. The molecule has 0 aliphatic carbocycles. The average Bonchev–Trinajstić information content (AvgIpc) is 2.31. The van der Waals surface area contributed by atoms with Crippen LogP contribution in [0.1, 0.15) is 22.3 Å². The number of nitrogens with one attached hydrogen (secondary N) is 1. The highest BCUT2D eigenvalue weighted by Crippen LogP contribution is 2.12. The fourth-order valence-corrected chi connectivity index (χ4v) is 1.45. The van der Waals surface area contributed by atoms with Crippen molar-refractivity contribution in [3.63, 3.8) is 0 Å². The van der Waals surface area contributed by atoms with Gasteiger partial charge in [-0.3, -0.25) is 4.79 Å². The summed E-state index contributed by atoms with van der Waals surface area (Å²) in [6, 6.07) is 3.84. The summed E-state index contributed by atoms with van der Waals surface area (Å²) in [5.41, 5.74) is 7.40. The molecule has 0 saturated carbocycles. The molecule has 0 spiro atoms. The van der Waals surface area contributed by atoms with E-state index in [-0.39, 0.29) is 6.42 Å². The standard InChI is InChI=1S/C13H16N2O3/c1-3-4-11(13(17)18)15-12(16)9-5-6-10(14)8(2)7-9/h3,5-7,11H,1,4,14H2,2H3,(H,15,16)(H,17,18). The van der Waals surface area contributed by atoms with Crippen LogP contribution in [0.5, 0.6) is 0 Å². The van der Waals surface area contributed by atoms with Gasteiger partial charge in [0.2, 0.25) is 0 Å². The quantitative estimate of drug-likeness (QED) is 0.541. The first kappa shape index (κ1) is 13.8. The van der Waals surface area contributed by atoms with Crippen molar-refractivity contribution >= 4 is 17.6 Å². The van der Waals surface area contributed by atoms with Crippen LogP contribution < -0.4 is 11.1 Å². The van der Waals surface area contributed by atoms with Gasteiger partial charge in [-0.25, -0.2) is 4.79 Å². The van der Waals surface area contributed by atoms with E-state index >= 15 is 0 Å². The Morgan fingerprint density at radius 1 is 1.56 bits per heavy atom. The second-order valence-corrected chi connectivity index (χ2v) is 3.96. The predicted octanol–water partition coefficient (Wildman–Crippen LogP) is 1.34. The van der Waals surface area contributed by atoms with Crippen molar-refractivity contribution in [1.29, 1.82) is 0 Å². The molecule has 0 aliphatic rings. The molecule has 0 saturated heterocycles. The van der Waals surface area contributed by atoms with Gasteiger partial charge in [0.1, 0.15) is 6.04 Å². The molecule has 0 radical (unpaired) electrons. The lowest BCUT2D eigenvalue weighted by molar-refractivity contribution is -0.139. The first-order valence-corrected chi connectivity index (χ1v) is 5.46. The second kappa shape index (κ2) is 5.86. The monoisotopic (exact) mass is 248 g/mol. The maximum Gasteiger partial charge on any atom is 0.326 e. The second-order valence-electron chi connectivity index (χ2n) is 3.96. The summed E-state index contributed by atoms with van der Waals surface area (Å²) in [5, 5.41) is 11.3. The minimum atomic E-state index is -1.09. The highest BCUT2D eigenvalue weighted by atomic mass is 16.4. The largest absolute Gasteiger partial charge is 0.480 e. The topological polar surface area (TPSA) is 92.4 Å². The number of hydrogen-bond donors (Lipinski definition) is 3. The molecule has 0 heterocycles. The number of anilines is 1. The summed E-state index contributed by atoms with van der Waals surface area (Å²) < 4.78 is 0. The summed E-state index contributed by atoms with van der Waals surface area (Å²) in [6.07, 6.45) is 1.63. The number of rotatable bonds is 5. The summed E-state index contributed by atoms with van der Waals surface area (Å²) in [6.45, 7) is 5.24. The SMILES string of the molecule is C=CCC(NC(=O)c1ccc(N)c(C)c1)C(=O)O. The molecular weight excluding hydrogens is 232 g/mol. The van der Waals surface area contributed by atoms with Crippen molar-refractivity contribution in [3.8, 4) is 0 Å². The minimum absolute atomic E-state index is 0.176. The van der Waals surface area contributed by atoms with Crippen LogP contribution in [0, 0.1) is 6.92 Å². The number of carbonyl (C=O) groups is 2. The van der Waals surface area contributed by atoms with Crippen LogP contribution in [-0.2, 0) is 4.79 Å². The van der Waals surface area contributed by atoms with Crippen molar-refractivity contribution < 1.29 is 14.7 Å². The van der Waals surface area contributed by atoms with Crippen molar-refractivity contribution in [1.82, 2.24) is 5.32 Å². The first-order chi connectivity index (χ1) is 8.45. The van der Waals surface area contributed by atoms with Crippen LogP contribution in [0.3, 0.4) is 0 Å². The number of aliphatic carboxylic acids is 1. The molecule has 5 nitrogen and oxygen atoms in total. The fourth-order valence-electron chi connectivity index (χ4n) is 1.45. The zero-order valence-corrected chi connectivity index (χ0v) is 10.1. The van der Waals surface area contributed by atoms with Gasteiger partial charge < -0.3 is 16.2 Å². The highest BCUT2D eigenvalue weighted by Gasteiger charge is 2.19. The average molecular weight is 248 g/mol. The van der Waals surface area contributed by atoms with Crippen LogP contribution in [0.15, 0.2) is 30.9 Å². The molecular formula is C13H16N2O3. The van der Waals surface area contributed by atoms with Crippen molar-refractivity contribution in [2.45, 2.75) is 19.4 Å². The lowest BCUT2D eigenvalue weighted by Gasteiger charge is -2.13. The number of carboxylic acids is 1. The van der Waals surface area contributed by atoms with Crippen molar-refractivity contribution in [2.75, 3.05) is 5.73 Å². The number of nitrogens with two attached hydrogens (primary N) is 1. The molecule has 1 aromatic rings. The molecule has 1 rings (SSSR count). The van der Waals surface area contributed by atoms with Gasteiger partial charge in [0.25, 0.3) is 5.91 Å². The number of benzene rings is 1. The smallest absolute Gasteiger partial charge is 0.326 e. The normalized spacial score (nSPS) is 11.6. The molecule has 5 heteroatoms. The Balaban J connectivity index is 2.83. The summed E-state index contributed by atoms with van der Waals surface area (Å²) in [4.78, 5) is 22.7. The van der Waals surface area contributed by atoms with Gasteiger partial charge in [0, 0.05) is 11.3 Å². The molecule has 0 bridgehead atoms. The Bertz CT molecular complexity index is 483. The van der Waals surface area contributed by atoms with E-state index < -0.39 is 17.9 Å². The van der Waals surface area contributed by atoms with Gasteiger partial charge >= 0.3 is 5.97 Å². The van der Waals surface area contributed by atoms with Gasteiger partial charge in [-0.1, -0.05) is 6.08 Å². The van der Waals surface area contributed by atoms with E-state index in [0.717, 1.165) is 5.56 Å². The Kier molecular flexibility index (Phi) is 4.48. The maximum absolute atomic E-state index is 11.8. The third-order valence-corrected chi connectivity index (χ3v) is 2.54. The van der Waals surface area contributed by atoms with E-state index in [1.165, 1.54) is 6.08 Å². The number of carbonyl (C=O) groups excluding carboxylic acids is 1. The fraction of sp³-hybridized carbons (Fsp3) is 0.231. The molecule has 4 N–H and O–H groups in total. The summed E-state index contributed by atoms with van der Waals surface area (Å²) in [5.74, 6) is -1.53. The Labute approximate surface area is 105 Å². The molecule has 1 amide bonds. The van der Waals surface area contributed by atoms with E-state index in [1.807, 2.05) is 0 Å². The maximum atomic E-state index is 11.8. The number of hydrogen-bond acceptors (Lipinski definition) is 3. The van der Waals surface area contributed by atoms with Crippen LogP contribution in [0.2, 0.25) is 0 Å². The van der Waals surface area contributed by atoms with Crippen LogP contribution >= 0.6 is 0 Å². The Hall–Kier alpha value is -2.30. The van der Waals surface area contributed by atoms with E-state index in [4.69, 9.17) is 10.8 Å². The van der Waals surface area contributed by atoms with Gasteiger partial charge in [0.15, 0.2) is 0 Å². The first-order valence-electron chi connectivity index (χ1n) is 5.46. The van der Waals surface area contributed by atoms with Gasteiger partial charge in [-0.05, 0) is 37.1 Å². The van der Waals surface area contributed by atoms with Gasteiger partial charge in [-0.15, -0.1) is 6.58 Å². The lowest BCUT2D eigenvalue weighted by atomic mass is 10.1. The van der Waals surface area contributed by atoms with Crippen molar-refractivity contribution in [2.24, 2.45) is 0 Å². The predicted molar refractivity (Wildman–Crippen MR) is 69.3 cm³/mol. The van der Waals surface area contributed by atoms with E-state index in [2.05, 4.69) is 11.9 Å². The highest BCUT2D eigenvalue weighted by molar-refractivity contribution is 5.97. The number of amides is 1. The Morgan fingerprint density at radius 2 is 2.22 bits per heavy atom. The number of carboxylic acid groups (broad SMARTS) is 1. The minimum Gasteiger partial charge on any atom is -0.480 e. The molecule has 1 atom stereocenters. The van der Waals surface area contributed by atoms with Gasteiger partial charge in [-0.2, -0.15) is 0 Å². The molecule has 0 fully saturated rings. The number of aryl methyl sites for hydroxylation is 1. The third-order valence-electron chi connectivity index (χ3n) is 2.54. The van der Waals surface area contributed by atoms with Crippen molar-refractivity contribution in [3.05, 3.63) is 42.0 Å². The molecule has 1 unspecified atom stereocenters. The van der Waals surface area contributed by atoms with Crippen LogP contribution in [0.25, 0.3) is 0 Å². The molecule has 1 aromatic carbocycles. The van der Waals surface area contributed by atoms with E-state index in [0.29, 0.717) is 11.3 Å². The third kappa shape index (κ3) is 3.35. The molecule has 18 heavy (non-hydrogen) atoms. The summed E-state index contributed by atoms with van der Waals surface area (Å²) >= 11 is 0. The van der Waals surface area contributed by atoms with Crippen LogP contribution in [-0.4, -0.2) is 23.0 Å². The lowest BCUT2D eigenvalue weighted by Crippen LogP contribution is -2.40.